The molecule has 2 N–H and O–H groups in total. The van der Waals surface area contributed by atoms with E-state index in [1.54, 1.807) is 0 Å². The van der Waals surface area contributed by atoms with Gasteiger partial charge < -0.3 is 5.73 Å². The Labute approximate surface area is 126 Å². The van der Waals surface area contributed by atoms with E-state index in [-0.39, 0.29) is 6.04 Å². The van der Waals surface area contributed by atoms with Crippen molar-refractivity contribution in [1.82, 2.24) is 0 Å². The van der Waals surface area contributed by atoms with Gasteiger partial charge in [-0.25, -0.2) is 0 Å². The summed E-state index contributed by atoms with van der Waals surface area (Å²) in [6.07, 6.45) is 0. The molecular formula is C18H23NS. The van der Waals surface area contributed by atoms with Crippen molar-refractivity contribution in [3.8, 4) is 0 Å². The van der Waals surface area contributed by atoms with Gasteiger partial charge in [-0.1, -0.05) is 35.4 Å². The van der Waals surface area contributed by atoms with Gasteiger partial charge in [0, 0.05) is 16.7 Å². The molecule has 1 nitrogen and oxygen atoms in total. The van der Waals surface area contributed by atoms with Crippen LogP contribution in [0.1, 0.15) is 33.9 Å². The van der Waals surface area contributed by atoms with Crippen LogP contribution in [0.4, 0.5) is 0 Å². The van der Waals surface area contributed by atoms with E-state index in [9.17, 15) is 0 Å². The molecule has 0 aliphatic rings. The number of nitrogens with two attached hydrogens (primary N) is 1. The summed E-state index contributed by atoms with van der Waals surface area (Å²) in [5, 5.41) is 0. The van der Waals surface area contributed by atoms with Crippen LogP contribution in [0.3, 0.4) is 0 Å². The minimum atomic E-state index is 0.0851. The van der Waals surface area contributed by atoms with Crippen LogP contribution in [0.2, 0.25) is 0 Å². The molecule has 0 heterocycles. The third-order valence-corrected chi connectivity index (χ3v) is 4.69. The average Bonchev–Trinajstić information content (AvgIpc) is 2.37. The van der Waals surface area contributed by atoms with E-state index in [1.165, 1.54) is 32.7 Å². The van der Waals surface area contributed by atoms with Crippen molar-refractivity contribution in [2.24, 2.45) is 5.73 Å². The Morgan fingerprint density at radius 2 is 1.45 bits per heavy atom. The van der Waals surface area contributed by atoms with Gasteiger partial charge in [0.25, 0.3) is 0 Å². The fourth-order valence-corrected chi connectivity index (χ4v) is 3.55. The van der Waals surface area contributed by atoms with E-state index in [1.807, 2.05) is 11.8 Å². The molecule has 0 bridgehead atoms. The summed E-state index contributed by atoms with van der Waals surface area (Å²) in [6, 6.07) is 13.2. The third-order valence-electron chi connectivity index (χ3n) is 3.56. The lowest BCUT2D eigenvalue weighted by Crippen LogP contribution is -2.16. The van der Waals surface area contributed by atoms with Gasteiger partial charge in [-0.2, -0.15) is 0 Å². The normalized spacial score (nSPS) is 12.4. The Hall–Kier alpha value is -1.25. The molecule has 0 amide bonds. The largest absolute Gasteiger partial charge is 0.323 e. The summed E-state index contributed by atoms with van der Waals surface area (Å²) in [7, 11) is 0. The van der Waals surface area contributed by atoms with Gasteiger partial charge in [-0.3, -0.25) is 0 Å². The molecule has 0 saturated heterocycles. The van der Waals surface area contributed by atoms with E-state index in [2.05, 4.69) is 64.1 Å². The first-order valence-corrected chi connectivity index (χ1v) is 7.98. The van der Waals surface area contributed by atoms with Gasteiger partial charge in [-0.05, 0) is 56.5 Å². The van der Waals surface area contributed by atoms with Gasteiger partial charge in [0.1, 0.15) is 0 Å². The number of benzene rings is 2. The molecule has 0 aliphatic carbocycles. The summed E-state index contributed by atoms with van der Waals surface area (Å²) in [6.45, 7) is 8.56. The number of thioether (sulfide) groups is 1. The molecule has 0 radical (unpaired) electrons. The highest BCUT2D eigenvalue weighted by Crippen LogP contribution is 2.28. The van der Waals surface area contributed by atoms with Gasteiger partial charge in [0.05, 0.1) is 0 Å². The van der Waals surface area contributed by atoms with Crippen molar-refractivity contribution in [2.75, 3.05) is 5.75 Å². The van der Waals surface area contributed by atoms with Crippen molar-refractivity contribution >= 4 is 11.8 Å². The second-order valence-corrected chi connectivity index (χ2v) is 6.64. The van der Waals surface area contributed by atoms with Gasteiger partial charge in [0.15, 0.2) is 0 Å². The lowest BCUT2D eigenvalue weighted by molar-refractivity contribution is 0.813. The highest BCUT2D eigenvalue weighted by molar-refractivity contribution is 7.99. The summed E-state index contributed by atoms with van der Waals surface area (Å²) in [5.74, 6) is 0.911. The van der Waals surface area contributed by atoms with Crippen LogP contribution in [-0.4, -0.2) is 5.75 Å². The summed E-state index contributed by atoms with van der Waals surface area (Å²) in [5.41, 5.74) is 12.9. The van der Waals surface area contributed by atoms with Crippen LogP contribution in [0.25, 0.3) is 0 Å². The second-order valence-electron chi connectivity index (χ2n) is 5.54. The van der Waals surface area contributed by atoms with Crippen LogP contribution < -0.4 is 5.73 Å². The predicted molar refractivity (Wildman–Crippen MR) is 89.5 cm³/mol. The van der Waals surface area contributed by atoms with Crippen LogP contribution in [0.5, 0.6) is 0 Å². The zero-order valence-corrected chi connectivity index (χ0v) is 13.6. The van der Waals surface area contributed by atoms with Crippen molar-refractivity contribution in [3.05, 3.63) is 64.2 Å². The van der Waals surface area contributed by atoms with E-state index in [0.29, 0.717) is 0 Å². The minimum absolute atomic E-state index is 0.0851. The monoisotopic (exact) mass is 285 g/mol. The van der Waals surface area contributed by atoms with Crippen LogP contribution in [0, 0.1) is 27.7 Å². The standard InChI is InChI=1S/C18H23NS/c1-12-5-7-16(8-6-12)20-11-17(19)18-14(3)9-13(2)10-15(18)4/h5-10,17H,11,19H2,1-4H3. The zero-order chi connectivity index (χ0) is 14.7. The topological polar surface area (TPSA) is 26.0 Å². The van der Waals surface area contributed by atoms with E-state index in [4.69, 9.17) is 5.73 Å². The van der Waals surface area contributed by atoms with E-state index >= 15 is 0 Å². The summed E-state index contributed by atoms with van der Waals surface area (Å²) >= 11 is 1.83. The quantitative estimate of drug-likeness (QED) is 0.823. The van der Waals surface area contributed by atoms with Gasteiger partial charge >= 0.3 is 0 Å². The molecule has 2 aromatic rings. The van der Waals surface area contributed by atoms with Gasteiger partial charge in [-0.15, -0.1) is 11.8 Å². The predicted octanol–water partition coefficient (Wildman–Crippen LogP) is 4.71. The maximum atomic E-state index is 6.40. The Balaban J connectivity index is 2.09. The maximum absolute atomic E-state index is 6.40. The Bertz CT molecular complexity index is 564. The fourth-order valence-electron chi connectivity index (χ4n) is 2.68. The molecule has 20 heavy (non-hydrogen) atoms. The molecule has 2 aromatic carbocycles. The molecular weight excluding hydrogens is 262 g/mol. The number of hydrogen-bond donors (Lipinski definition) is 1. The first-order chi connectivity index (χ1) is 9.47. The van der Waals surface area contributed by atoms with E-state index in [0.717, 1.165) is 5.75 Å². The lowest BCUT2D eigenvalue weighted by Gasteiger charge is -2.18. The molecule has 0 aromatic heterocycles. The van der Waals surface area contributed by atoms with Crippen molar-refractivity contribution in [1.29, 1.82) is 0 Å². The first kappa shape index (κ1) is 15.1. The van der Waals surface area contributed by atoms with Crippen LogP contribution >= 0.6 is 11.8 Å². The minimum Gasteiger partial charge on any atom is -0.323 e. The number of aryl methyl sites for hydroxylation is 4. The SMILES string of the molecule is Cc1ccc(SCC(N)c2c(C)cc(C)cc2C)cc1. The lowest BCUT2D eigenvalue weighted by atomic mass is 9.95. The number of rotatable bonds is 4. The second kappa shape index (κ2) is 6.47. The van der Waals surface area contributed by atoms with Crippen molar-refractivity contribution < 1.29 is 0 Å². The van der Waals surface area contributed by atoms with Crippen molar-refractivity contribution in [3.63, 3.8) is 0 Å². The molecule has 0 aliphatic heterocycles. The van der Waals surface area contributed by atoms with Crippen LogP contribution in [0.15, 0.2) is 41.3 Å². The Morgan fingerprint density at radius 3 is 2.00 bits per heavy atom. The Kier molecular flexibility index (Phi) is 4.90. The molecule has 1 unspecified atom stereocenters. The molecule has 2 heteroatoms. The maximum Gasteiger partial charge on any atom is 0.0395 e. The summed E-state index contributed by atoms with van der Waals surface area (Å²) < 4.78 is 0. The molecule has 0 fully saturated rings. The molecule has 2 rings (SSSR count). The molecule has 1 atom stereocenters. The molecule has 0 spiro atoms. The third kappa shape index (κ3) is 3.65. The Morgan fingerprint density at radius 1 is 0.900 bits per heavy atom. The van der Waals surface area contributed by atoms with Gasteiger partial charge in [0.2, 0.25) is 0 Å². The van der Waals surface area contributed by atoms with Crippen LogP contribution in [-0.2, 0) is 0 Å². The molecule has 106 valence electrons. The first-order valence-electron chi connectivity index (χ1n) is 7.00. The summed E-state index contributed by atoms with van der Waals surface area (Å²) in [4.78, 5) is 1.29. The fraction of sp³-hybridized carbons (Fsp3) is 0.333. The highest BCUT2D eigenvalue weighted by atomic mass is 32.2. The number of hydrogen-bond acceptors (Lipinski definition) is 2. The van der Waals surface area contributed by atoms with E-state index < -0.39 is 0 Å². The average molecular weight is 285 g/mol. The van der Waals surface area contributed by atoms with Crippen molar-refractivity contribution in [2.45, 2.75) is 38.6 Å². The highest BCUT2D eigenvalue weighted by Gasteiger charge is 2.12. The zero-order valence-electron chi connectivity index (χ0n) is 12.7. The smallest absolute Gasteiger partial charge is 0.0395 e. The molecule has 0 saturated carbocycles.